The number of hydrogen-bond donors (Lipinski definition) is 2. The first-order valence-electron chi connectivity index (χ1n) is 10.3. The zero-order valence-corrected chi connectivity index (χ0v) is 18.9. The highest BCUT2D eigenvalue weighted by Gasteiger charge is 2.42. The zero-order valence-electron chi connectivity index (χ0n) is 18.1. The van der Waals surface area contributed by atoms with E-state index in [-0.39, 0.29) is 24.3 Å². The summed E-state index contributed by atoms with van der Waals surface area (Å²) in [5.74, 6) is 1.13. The highest BCUT2D eigenvalue weighted by atomic mass is 32.2. The molecule has 164 valence electrons. The van der Waals surface area contributed by atoms with Crippen LogP contribution >= 0.6 is 0 Å². The molecule has 3 heterocycles. The van der Waals surface area contributed by atoms with E-state index in [9.17, 15) is 13.5 Å². The van der Waals surface area contributed by atoms with E-state index >= 15 is 0 Å². The van der Waals surface area contributed by atoms with Gasteiger partial charge in [-0.05, 0) is 49.6 Å². The number of hydrogen-bond acceptors (Lipinski definition) is 7. The Balaban J connectivity index is 1.80. The Bertz CT molecular complexity index is 1180. The van der Waals surface area contributed by atoms with E-state index < -0.39 is 15.4 Å². The van der Waals surface area contributed by atoms with Crippen molar-refractivity contribution in [2.24, 2.45) is 4.99 Å². The minimum atomic E-state index is -3.33. The van der Waals surface area contributed by atoms with Crippen LogP contribution in [0.25, 0.3) is 5.57 Å². The third-order valence-corrected chi connectivity index (χ3v) is 7.16. The molecule has 7 nitrogen and oxygen atoms in total. The molecule has 31 heavy (non-hydrogen) atoms. The number of ether oxygens (including phenoxy) is 1. The number of rotatable bonds is 5. The molecule has 2 unspecified atom stereocenters. The summed E-state index contributed by atoms with van der Waals surface area (Å²) in [5.41, 5.74) is 2.74. The maximum absolute atomic E-state index is 12.4. The van der Waals surface area contributed by atoms with Crippen LogP contribution in [0.4, 0.5) is 5.82 Å². The Morgan fingerprint density at radius 1 is 1.26 bits per heavy atom. The molecule has 2 aliphatic rings. The maximum Gasteiger partial charge on any atom is 0.212 e. The Morgan fingerprint density at radius 2 is 2.03 bits per heavy atom. The van der Waals surface area contributed by atoms with E-state index in [1.807, 2.05) is 13.0 Å². The van der Waals surface area contributed by atoms with Crippen LogP contribution in [0.3, 0.4) is 0 Å². The van der Waals surface area contributed by atoms with Gasteiger partial charge in [0.1, 0.15) is 18.5 Å². The lowest BCUT2D eigenvalue weighted by atomic mass is 9.83. The van der Waals surface area contributed by atoms with E-state index in [2.05, 4.69) is 21.4 Å². The van der Waals surface area contributed by atoms with Crippen molar-refractivity contribution >= 4 is 27.1 Å². The normalized spacial score (nSPS) is 20.3. The van der Waals surface area contributed by atoms with Crippen LogP contribution in [0, 0.1) is 6.92 Å². The highest BCUT2D eigenvalue weighted by Crippen LogP contribution is 2.46. The number of aliphatic imine (C=N–C) groups is 1. The molecular weight excluding hydrogens is 414 g/mol. The van der Waals surface area contributed by atoms with Gasteiger partial charge in [-0.3, -0.25) is 0 Å². The summed E-state index contributed by atoms with van der Waals surface area (Å²) in [7, 11) is -3.33. The molecule has 1 aromatic heterocycles. The average Bonchev–Trinajstić information content (AvgIpc) is 3.10. The van der Waals surface area contributed by atoms with E-state index in [1.165, 1.54) is 0 Å². The molecule has 2 atom stereocenters. The molecule has 0 radical (unpaired) electrons. The summed E-state index contributed by atoms with van der Waals surface area (Å²) in [6, 6.07) is 8.78. The summed E-state index contributed by atoms with van der Waals surface area (Å²) >= 11 is 0. The number of nitrogens with zero attached hydrogens (tertiary/aromatic N) is 2. The summed E-state index contributed by atoms with van der Waals surface area (Å²) in [6.07, 6.45) is 3.53. The van der Waals surface area contributed by atoms with Crippen molar-refractivity contribution in [3.05, 3.63) is 59.4 Å². The number of fused-ring (bicyclic) bond motifs is 3. The molecule has 0 aliphatic carbocycles. The molecule has 0 saturated heterocycles. The zero-order chi connectivity index (χ0) is 22.4. The number of benzene rings is 1. The van der Waals surface area contributed by atoms with Gasteiger partial charge in [0.25, 0.3) is 0 Å². The number of aryl methyl sites for hydroxylation is 1. The number of anilines is 1. The Kier molecular flexibility index (Phi) is 5.39. The lowest BCUT2D eigenvalue weighted by Gasteiger charge is -2.29. The van der Waals surface area contributed by atoms with Gasteiger partial charge in [-0.15, -0.1) is 0 Å². The van der Waals surface area contributed by atoms with Crippen molar-refractivity contribution in [2.45, 2.75) is 50.2 Å². The number of pyridine rings is 1. The molecule has 0 fully saturated rings. The average molecular weight is 442 g/mol. The smallest absolute Gasteiger partial charge is 0.212 e. The minimum Gasteiger partial charge on any atom is -0.476 e. The molecule has 0 spiro atoms. The molecule has 0 amide bonds. The number of sulfone groups is 1. The topological polar surface area (TPSA) is 101 Å². The van der Waals surface area contributed by atoms with Crippen LogP contribution in [-0.4, -0.2) is 48.4 Å². The number of nitrogens with one attached hydrogen (secondary N) is 1. The molecule has 2 N–H and O–H groups in total. The van der Waals surface area contributed by atoms with Gasteiger partial charge >= 0.3 is 0 Å². The first-order chi connectivity index (χ1) is 14.6. The van der Waals surface area contributed by atoms with Crippen molar-refractivity contribution in [2.75, 3.05) is 17.7 Å². The van der Waals surface area contributed by atoms with Gasteiger partial charge in [-0.1, -0.05) is 25.1 Å². The largest absolute Gasteiger partial charge is 0.476 e. The van der Waals surface area contributed by atoms with Crippen molar-refractivity contribution < 1.29 is 18.3 Å². The van der Waals surface area contributed by atoms with Crippen molar-refractivity contribution in [3.8, 4) is 0 Å². The predicted octanol–water partition coefficient (Wildman–Crippen LogP) is 3.30. The van der Waals surface area contributed by atoms with Crippen LogP contribution in [-0.2, 0) is 14.6 Å². The Labute approximate surface area is 182 Å². The van der Waals surface area contributed by atoms with Gasteiger partial charge in [0, 0.05) is 23.9 Å². The third kappa shape index (κ3) is 4.22. The molecule has 4 rings (SSSR count). The molecular formula is C23H27N3O4S. The summed E-state index contributed by atoms with van der Waals surface area (Å²) in [6.45, 7) is 7.08. The fraction of sp³-hybridized carbons (Fsp3) is 0.391. The number of aromatic nitrogens is 1. The van der Waals surface area contributed by atoms with E-state index in [0.717, 1.165) is 28.1 Å². The summed E-state index contributed by atoms with van der Waals surface area (Å²) in [4.78, 5) is 9.36. The summed E-state index contributed by atoms with van der Waals surface area (Å²) < 4.78 is 30.7. The molecule has 1 aromatic carbocycles. The van der Waals surface area contributed by atoms with E-state index in [4.69, 9.17) is 4.74 Å². The molecule has 2 aliphatic heterocycles. The van der Waals surface area contributed by atoms with E-state index in [0.29, 0.717) is 10.8 Å². The first kappa shape index (κ1) is 21.5. The second-order valence-corrected chi connectivity index (χ2v) is 10.9. The maximum atomic E-state index is 12.4. The number of aliphatic hydroxyl groups is 1. The van der Waals surface area contributed by atoms with Crippen LogP contribution < -0.4 is 5.32 Å². The van der Waals surface area contributed by atoms with Crippen molar-refractivity contribution in [1.82, 2.24) is 4.98 Å². The van der Waals surface area contributed by atoms with Gasteiger partial charge in [-0.25, -0.2) is 18.4 Å². The quantitative estimate of drug-likeness (QED) is 0.738. The lowest BCUT2D eigenvalue weighted by Crippen LogP contribution is -2.38. The van der Waals surface area contributed by atoms with Crippen LogP contribution in [0.15, 0.2) is 52.6 Å². The van der Waals surface area contributed by atoms with Crippen LogP contribution in [0.1, 0.15) is 43.4 Å². The monoisotopic (exact) mass is 441 g/mol. The molecule has 0 bridgehead atoms. The second kappa shape index (κ2) is 7.76. The van der Waals surface area contributed by atoms with E-state index in [1.54, 1.807) is 51.4 Å². The van der Waals surface area contributed by atoms with Crippen molar-refractivity contribution in [3.63, 3.8) is 0 Å². The fourth-order valence-corrected chi connectivity index (χ4v) is 4.80. The Morgan fingerprint density at radius 3 is 2.74 bits per heavy atom. The SMILES string of the molecule is CCS(=O)(=O)c1cccc(C2=CN=C(OCC(C)(C)O)C3Nc4ncc(C)cc4C23)c1. The third-order valence-electron chi connectivity index (χ3n) is 5.43. The van der Waals surface area contributed by atoms with Crippen molar-refractivity contribution in [1.29, 1.82) is 0 Å². The van der Waals surface area contributed by atoms with Gasteiger partial charge in [0.2, 0.25) is 5.90 Å². The Hall–Kier alpha value is -2.71. The second-order valence-electron chi connectivity index (χ2n) is 8.63. The van der Waals surface area contributed by atoms with Gasteiger partial charge in [-0.2, -0.15) is 0 Å². The van der Waals surface area contributed by atoms with Crippen LogP contribution in [0.5, 0.6) is 0 Å². The minimum absolute atomic E-state index is 0.0438. The lowest BCUT2D eigenvalue weighted by molar-refractivity contribution is 0.0223. The molecule has 0 saturated carbocycles. The van der Waals surface area contributed by atoms with Gasteiger partial charge in [0.05, 0.1) is 16.2 Å². The van der Waals surface area contributed by atoms with Gasteiger partial charge < -0.3 is 15.2 Å². The first-order valence-corrected chi connectivity index (χ1v) is 11.9. The van der Waals surface area contributed by atoms with Gasteiger partial charge in [0.15, 0.2) is 9.84 Å². The fourth-order valence-electron chi connectivity index (χ4n) is 3.87. The highest BCUT2D eigenvalue weighted by molar-refractivity contribution is 7.91. The summed E-state index contributed by atoms with van der Waals surface area (Å²) in [5, 5.41) is 13.5. The molecule has 8 heteroatoms. The standard InChI is InChI=1S/C23H27N3O4S/c1-5-31(28,29)16-8-6-7-15(10-16)18-12-25-22(30-13-23(3,4)27)20-19(18)17-9-14(2)11-24-21(17)26-20/h6-12,19-20,27H,5,13H2,1-4H3,(H,24,26). The molecule has 2 aromatic rings. The van der Waals surface area contributed by atoms with Crippen LogP contribution in [0.2, 0.25) is 0 Å². The predicted molar refractivity (Wildman–Crippen MR) is 121 cm³/mol.